The van der Waals surface area contributed by atoms with Crippen LogP contribution in [0.1, 0.15) is 42.9 Å². The van der Waals surface area contributed by atoms with Crippen LogP contribution in [-0.4, -0.2) is 39.4 Å². The first kappa shape index (κ1) is 17.5. The van der Waals surface area contributed by atoms with Crippen LogP contribution in [0.5, 0.6) is 0 Å². The van der Waals surface area contributed by atoms with Crippen molar-refractivity contribution in [2.75, 3.05) is 18.4 Å². The Morgan fingerprint density at radius 3 is 2.89 bits per heavy atom. The molecule has 2 aromatic heterocycles. The number of likely N-dealkylation sites (tertiary alicyclic amines) is 1. The maximum absolute atomic E-state index is 12.6. The minimum Gasteiger partial charge on any atom is -0.351 e. The van der Waals surface area contributed by atoms with E-state index in [1.54, 1.807) is 12.3 Å². The van der Waals surface area contributed by atoms with Gasteiger partial charge >= 0.3 is 0 Å². The summed E-state index contributed by atoms with van der Waals surface area (Å²) in [5, 5.41) is 2.77. The summed E-state index contributed by atoms with van der Waals surface area (Å²) in [6.45, 7) is 1.58. The van der Waals surface area contributed by atoms with Gasteiger partial charge in [0.2, 0.25) is 11.8 Å². The van der Waals surface area contributed by atoms with Gasteiger partial charge in [0.15, 0.2) is 0 Å². The minimum atomic E-state index is 0.00727. The van der Waals surface area contributed by atoms with Crippen LogP contribution in [0, 0.1) is 0 Å². The Morgan fingerprint density at radius 1 is 1.19 bits per heavy atom. The van der Waals surface area contributed by atoms with Crippen molar-refractivity contribution in [2.24, 2.45) is 0 Å². The highest BCUT2D eigenvalue weighted by molar-refractivity contribution is 5.93. The van der Waals surface area contributed by atoms with Gasteiger partial charge in [0.1, 0.15) is 5.82 Å². The van der Waals surface area contributed by atoms with Crippen molar-refractivity contribution in [3.05, 3.63) is 54.0 Å². The molecule has 0 aromatic carbocycles. The molecule has 1 unspecified atom stereocenters. The topological polar surface area (TPSA) is 67.2 Å². The molecule has 1 saturated heterocycles. The van der Waals surface area contributed by atoms with Crippen molar-refractivity contribution in [2.45, 2.75) is 38.1 Å². The van der Waals surface area contributed by atoms with Gasteiger partial charge in [-0.05, 0) is 61.1 Å². The molecule has 1 atom stereocenters. The number of anilines is 1. The van der Waals surface area contributed by atoms with Gasteiger partial charge in [0, 0.05) is 50.2 Å². The van der Waals surface area contributed by atoms with Crippen molar-refractivity contribution >= 4 is 23.7 Å². The van der Waals surface area contributed by atoms with Crippen LogP contribution in [-0.2, 0) is 16.0 Å². The van der Waals surface area contributed by atoms with Crippen LogP contribution < -0.4 is 5.32 Å². The summed E-state index contributed by atoms with van der Waals surface area (Å²) in [5.41, 5.74) is 1.91. The maximum atomic E-state index is 12.6. The van der Waals surface area contributed by atoms with Gasteiger partial charge in [-0.2, -0.15) is 0 Å². The fraction of sp³-hybridized carbons (Fsp3) is 0.381. The fourth-order valence-electron chi connectivity index (χ4n) is 3.83. The summed E-state index contributed by atoms with van der Waals surface area (Å²) >= 11 is 0. The van der Waals surface area contributed by atoms with E-state index in [2.05, 4.69) is 39.4 Å². The number of carbonyl (C=O) groups excluding carboxylic acids is 2. The monoisotopic (exact) mass is 364 g/mol. The third kappa shape index (κ3) is 4.10. The van der Waals surface area contributed by atoms with E-state index < -0.39 is 0 Å². The number of rotatable bonds is 3. The zero-order chi connectivity index (χ0) is 18.6. The lowest BCUT2D eigenvalue weighted by Gasteiger charge is -2.19. The van der Waals surface area contributed by atoms with Gasteiger partial charge in [-0.1, -0.05) is 0 Å². The Hall–Kier alpha value is -2.89. The second-order valence-corrected chi connectivity index (χ2v) is 7.20. The molecule has 0 spiro atoms. The first-order valence-corrected chi connectivity index (χ1v) is 9.57. The third-order valence-corrected chi connectivity index (χ3v) is 5.34. The summed E-state index contributed by atoms with van der Waals surface area (Å²) in [4.78, 5) is 30.3. The number of aromatic nitrogens is 2. The lowest BCUT2D eigenvalue weighted by atomic mass is 10.0. The molecule has 4 rings (SSSR count). The second kappa shape index (κ2) is 7.78. The van der Waals surface area contributed by atoms with Crippen LogP contribution in [0.3, 0.4) is 0 Å². The fourth-order valence-corrected chi connectivity index (χ4v) is 3.83. The highest BCUT2D eigenvalue weighted by Gasteiger charge is 2.20. The molecule has 1 N–H and O–H groups in total. The highest BCUT2D eigenvalue weighted by Crippen LogP contribution is 2.23. The number of hydrogen-bond donors (Lipinski definition) is 1. The molecule has 6 nitrogen and oxygen atoms in total. The normalized spacial score (nSPS) is 20.2. The lowest BCUT2D eigenvalue weighted by molar-refractivity contribution is -0.126. The molecule has 2 aliphatic heterocycles. The standard InChI is InChI=1S/C21H24N4O2/c26-19-7-6-17-14-16(15-22-21(17)23-19)5-8-20(27)25-12-3-4-18(9-13-25)24-10-1-2-11-24/h1-2,5,8,10-11,14-15,18H,3-4,6-7,9,12-13H2,(H,22,23,26)/b8-5+. The van der Waals surface area contributed by atoms with E-state index >= 15 is 0 Å². The summed E-state index contributed by atoms with van der Waals surface area (Å²) in [6, 6.07) is 6.57. The molecule has 6 heteroatoms. The Morgan fingerprint density at radius 2 is 2.04 bits per heavy atom. The number of fused-ring (bicyclic) bond motifs is 1. The highest BCUT2D eigenvalue weighted by atomic mass is 16.2. The first-order chi connectivity index (χ1) is 13.2. The van der Waals surface area contributed by atoms with E-state index in [1.165, 1.54) is 0 Å². The molecular weight excluding hydrogens is 340 g/mol. The summed E-state index contributed by atoms with van der Waals surface area (Å²) < 4.78 is 2.25. The van der Waals surface area contributed by atoms with E-state index in [-0.39, 0.29) is 11.8 Å². The van der Waals surface area contributed by atoms with Crippen LogP contribution in [0.4, 0.5) is 5.82 Å². The minimum absolute atomic E-state index is 0.00727. The molecule has 27 heavy (non-hydrogen) atoms. The van der Waals surface area contributed by atoms with Crippen molar-refractivity contribution in [1.82, 2.24) is 14.5 Å². The van der Waals surface area contributed by atoms with Crippen LogP contribution in [0.2, 0.25) is 0 Å². The number of hydrogen-bond acceptors (Lipinski definition) is 3. The number of amides is 2. The van der Waals surface area contributed by atoms with Gasteiger partial charge in [0.25, 0.3) is 0 Å². The molecule has 0 saturated carbocycles. The van der Waals surface area contributed by atoms with Gasteiger partial charge in [-0.3, -0.25) is 9.59 Å². The van der Waals surface area contributed by atoms with Crippen molar-refractivity contribution in [3.8, 4) is 0 Å². The molecular formula is C21H24N4O2. The van der Waals surface area contributed by atoms with E-state index in [9.17, 15) is 9.59 Å². The second-order valence-electron chi connectivity index (χ2n) is 7.20. The predicted molar refractivity (Wildman–Crippen MR) is 104 cm³/mol. The zero-order valence-electron chi connectivity index (χ0n) is 15.3. The number of nitrogens with zero attached hydrogens (tertiary/aromatic N) is 3. The summed E-state index contributed by atoms with van der Waals surface area (Å²) in [5.74, 6) is 0.695. The van der Waals surface area contributed by atoms with Crippen molar-refractivity contribution in [3.63, 3.8) is 0 Å². The summed E-state index contributed by atoms with van der Waals surface area (Å²) in [6.07, 6.45) is 13.6. The smallest absolute Gasteiger partial charge is 0.246 e. The van der Waals surface area contributed by atoms with Gasteiger partial charge in [0.05, 0.1) is 0 Å². The van der Waals surface area contributed by atoms with E-state index in [0.717, 1.165) is 43.5 Å². The summed E-state index contributed by atoms with van der Waals surface area (Å²) in [7, 11) is 0. The van der Waals surface area contributed by atoms with Gasteiger partial charge < -0.3 is 14.8 Å². The Kier molecular flexibility index (Phi) is 5.05. The van der Waals surface area contributed by atoms with E-state index in [1.807, 2.05) is 17.0 Å². The number of pyridine rings is 1. The molecule has 0 aliphatic carbocycles. The molecule has 1 fully saturated rings. The van der Waals surface area contributed by atoms with Gasteiger partial charge in [-0.15, -0.1) is 0 Å². The lowest BCUT2D eigenvalue weighted by Crippen LogP contribution is -2.30. The Bertz CT molecular complexity index is 857. The average Bonchev–Trinajstić information content (AvgIpc) is 3.10. The molecule has 2 aromatic rings. The van der Waals surface area contributed by atoms with Crippen LogP contribution >= 0.6 is 0 Å². The van der Waals surface area contributed by atoms with Gasteiger partial charge in [-0.25, -0.2) is 4.98 Å². The molecule has 4 heterocycles. The molecule has 0 bridgehead atoms. The van der Waals surface area contributed by atoms with Crippen molar-refractivity contribution in [1.29, 1.82) is 0 Å². The number of nitrogens with one attached hydrogen (secondary N) is 1. The SMILES string of the molecule is O=C1CCc2cc(/C=C/C(=O)N3CCCC(n4cccc4)CC3)cnc2N1. The predicted octanol–water partition coefficient (Wildman–Crippen LogP) is 3.03. The van der Waals surface area contributed by atoms with Crippen molar-refractivity contribution < 1.29 is 9.59 Å². The Balaban J connectivity index is 1.38. The van der Waals surface area contributed by atoms with E-state index in [4.69, 9.17) is 0 Å². The molecule has 0 radical (unpaired) electrons. The van der Waals surface area contributed by atoms with Crippen LogP contribution in [0.25, 0.3) is 6.08 Å². The number of carbonyl (C=O) groups is 2. The zero-order valence-corrected chi connectivity index (χ0v) is 15.3. The average molecular weight is 364 g/mol. The first-order valence-electron chi connectivity index (χ1n) is 9.57. The third-order valence-electron chi connectivity index (χ3n) is 5.34. The largest absolute Gasteiger partial charge is 0.351 e. The van der Waals surface area contributed by atoms with E-state index in [0.29, 0.717) is 24.7 Å². The number of aryl methyl sites for hydroxylation is 1. The molecule has 2 amide bonds. The molecule has 2 aliphatic rings. The maximum Gasteiger partial charge on any atom is 0.246 e. The Labute approximate surface area is 158 Å². The quantitative estimate of drug-likeness (QED) is 0.851. The van der Waals surface area contributed by atoms with Crippen LogP contribution in [0.15, 0.2) is 42.9 Å². The molecule has 140 valence electrons.